The highest BCUT2D eigenvalue weighted by molar-refractivity contribution is 7.99. The Bertz CT molecular complexity index is 1030. The van der Waals surface area contributed by atoms with Crippen molar-refractivity contribution >= 4 is 52.7 Å². The Labute approximate surface area is 171 Å². The average Bonchev–Trinajstić information content (AvgIpc) is 2.73. The first-order chi connectivity index (χ1) is 13.5. The van der Waals surface area contributed by atoms with Crippen LogP contribution < -0.4 is 5.32 Å². The lowest BCUT2D eigenvalue weighted by Crippen LogP contribution is -2.50. The first-order valence-electron chi connectivity index (χ1n) is 8.56. The summed E-state index contributed by atoms with van der Waals surface area (Å²) in [5.74, 6) is -0.483. The Hall–Kier alpha value is -2.77. The Kier molecular flexibility index (Phi) is 6.06. The monoisotopic (exact) mass is 411 g/mol. The Morgan fingerprint density at radius 1 is 1.11 bits per heavy atom. The molecule has 1 heterocycles. The fraction of sp³-hybridized carbons (Fsp3) is 0.150. The van der Waals surface area contributed by atoms with Crippen LogP contribution in [0.4, 0.5) is 0 Å². The minimum Gasteiger partial charge on any atom is -0.335 e. The maximum absolute atomic E-state index is 13.0. The maximum Gasteiger partial charge on any atom is 0.273 e. The quantitative estimate of drug-likeness (QED) is 0.494. The number of carbonyl (C=O) groups is 1. The summed E-state index contributed by atoms with van der Waals surface area (Å²) in [6, 6.07) is 14.5. The smallest absolute Gasteiger partial charge is 0.273 e. The standard InChI is InChI=1S/C20H18ClN5OS/c1-2-20(11-22,12-23)26-18(27)17-19(28-14-9-7-13(21)8-10-14)25-16-6-4-3-5-15(16)24-17/h3-12,22-23H,2H2,1H3,(H,26,27). The summed E-state index contributed by atoms with van der Waals surface area (Å²) in [6.07, 6.45) is 2.49. The van der Waals surface area contributed by atoms with Crippen LogP contribution in [0.1, 0.15) is 23.8 Å². The topological polar surface area (TPSA) is 103 Å². The number of nitrogens with zero attached hydrogens (tertiary/aromatic N) is 2. The molecule has 0 radical (unpaired) electrons. The molecule has 142 valence electrons. The van der Waals surface area contributed by atoms with Crippen LogP contribution in [0.25, 0.3) is 11.0 Å². The number of hydrogen-bond donors (Lipinski definition) is 3. The third-order valence-electron chi connectivity index (χ3n) is 4.23. The summed E-state index contributed by atoms with van der Waals surface area (Å²) in [5, 5.41) is 19.0. The van der Waals surface area contributed by atoms with Crippen molar-refractivity contribution in [3.63, 3.8) is 0 Å². The third kappa shape index (κ3) is 4.21. The summed E-state index contributed by atoms with van der Waals surface area (Å²) in [5.41, 5.74) is 0.281. The van der Waals surface area contributed by atoms with Gasteiger partial charge in [-0.2, -0.15) is 0 Å². The molecule has 0 atom stereocenters. The largest absolute Gasteiger partial charge is 0.335 e. The fourth-order valence-corrected chi connectivity index (χ4v) is 3.49. The molecule has 0 spiro atoms. The second-order valence-corrected chi connectivity index (χ2v) is 7.56. The number of hydrogen-bond acceptors (Lipinski definition) is 6. The first-order valence-corrected chi connectivity index (χ1v) is 9.75. The van der Waals surface area contributed by atoms with Gasteiger partial charge in [-0.1, -0.05) is 42.4 Å². The molecular formula is C20H18ClN5OS. The van der Waals surface area contributed by atoms with Crippen molar-refractivity contribution < 1.29 is 4.79 Å². The molecule has 1 amide bonds. The van der Waals surface area contributed by atoms with Crippen LogP contribution >= 0.6 is 23.4 Å². The summed E-state index contributed by atoms with van der Waals surface area (Å²) in [4.78, 5) is 23.0. The zero-order chi connectivity index (χ0) is 20.1. The average molecular weight is 412 g/mol. The summed E-state index contributed by atoms with van der Waals surface area (Å²) < 4.78 is 0. The number of carbonyl (C=O) groups excluding carboxylic acids is 1. The van der Waals surface area contributed by atoms with E-state index in [1.807, 2.05) is 30.3 Å². The summed E-state index contributed by atoms with van der Waals surface area (Å²) in [6.45, 7) is 1.80. The van der Waals surface area contributed by atoms with E-state index in [9.17, 15) is 4.79 Å². The lowest BCUT2D eigenvalue weighted by atomic mass is 9.99. The van der Waals surface area contributed by atoms with Crippen molar-refractivity contribution in [3.8, 4) is 0 Å². The van der Waals surface area contributed by atoms with E-state index in [-0.39, 0.29) is 5.69 Å². The second-order valence-electron chi connectivity index (χ2n) is 6.06. The zero-order valence-electron chi connectivity index (χ0n) is 15.1. The second kappa shape index (κ2) is 8.50. The number of para-hydroxylation sites is 2. The SMILES string of the molecule is CCC(C=N)(C=N)NC(=O)c1nc2ccccc2nc1Sc1ccc(Cl)cc1. The van der Waals surface area contributed by atoms with Crippen LogP contribution in [0.3, 0.4) is 0 Å². The molecule has 0 aliphatic carbocycles. The van der Waals surface area contributed by atoms with Gasteiger partial charge in [0.25, 0.3) is 5.91 Å². The van der Waals surface area contributed by atoms with E-state index in [0.29, 0.717) is 27.5 Å². The summed E-state index contributed by atoms with van der Waals surface area (Å²) in [7, 11) is 0. The molecule has 0 saturated heterocycles. The normalized spacial score (nSPS) is 12.9. The van der Waals surface area contributed by atoms with Gasteiger partial charge in [0.15, 0.2) is 5.69 Å². The van der Waals surface area contributed by atoms with E-state index in [1.54, 1.807) is 25.1 Å². The van der Waals surface area contributed by atoms with E-state index in [1.165, 1.54) is 11.8 Å². The van der Waals surface area contributed by atoms with Crippen LogP contribution in [-0.4, -0.2) is 33.8 Å². The van der Waals surface area contributed by atoms with Crippen LogP contribution in [0.2, 0.25) is 5.02 Å². The van der Waals surface area contributed by atoms with Crippen molar-refractivity contribution in [2.45, 2.75) is 28.8 Å². The van der Waals surface area contributed by atoms with Crippen molar-refractivity contribution in [2.24, 2.45) is 0 Å². The molecule has 3 aromatic rings. The number of rotatable bonds is 7. The fourth-order valence-electron chi connectivity index (χ4n) is 2.49. The highest BCUT2D eigenvalue weighted by Crippen LogP contribution is 2.30. The number of amides is 1. The van der Waals surface area contributed by atoms with Gasteiger partial charge >= 0.3 is 0 Å². The number of benzene rings is 2. The zero-order valence-corrected chi connectivity index (χ0v) is 16.6. The number of nitrogens with one attached hydrogen (secondary N) is 3. The Balaban J connectivity index is 2.05. The number of halogens is 1. The highest BCUT2D eigenvalue weighted by atomic mass is 35.5. The number of fused-ring (bicyclic) bond motifs is 1. The first kappa shape index (κ1) is 20.0. The molecule has 28 heavy (non-hydrogen) atoms. The number of aromatic nitrogens is 2. The van der Waals surface area contributed by atoms with Crippen LogP contribution in [0.15, 0.2) is 58.5 Å². The molecule has 0 aliphatic heterocycles. The van der Waals surface area contributed by atoms with E-state index >= 15 is 0 Å². The molecule has 0 aliphatic rings. The van der Waals surface area contributed by atoms with Gasteiger partial charge in [-0.25, -0.2) is 9.97 Å². The van der Waals surface area contributed by atoms with Crippen molar-refractivity contribution in [1.82, 2.24) is 15.3 Å². The Morgan fingerprint density at radius 2 is 1.71 bits per heavy atom. The van der Waals surface area contributed by atoms with Gasteiger partial charge in [-0.05, 0) is 42.8 Å². The third-order valence-corrected chi connectivity index (χ3v) is 5.47. The van der Waals surface area contributed by atoms with Crippen LogP contribution in [0, 0.1) is 10.8 Å². The van der Waals surface area contributed by atoms with Gasteiger partial charge < -0.3 is 16.1 Å². The molecule has 0 fully saturated rings. The predicted molar refractivity (Wildman–Crippen MR) is 113 cm³/mol. The molecule has 3 rings (SSSR count). The maximum atomic E-state index is 13.0. The van der Waals surface area contributed by atoms with Gasteiger partial charge in [0.1, 0.15) is 10.6 Å². The van der Waals surface area contributed by atoms with Gasteiger partial charge in [0.05, 0.1) is 11.0 Å². The highest BCUT2D eigenvalue weighted by Gasteiger charge is 2.28. The van der Waals surface area contributed by atoms with Crippen molar-refractivity contribution in [1.29, 1.82) is 10.8 Å². The molecular weight excluding hydrogens is 394 g/mol. The van der Waals surface area contributed by atoms with E-state index in [0.717, 1.165) is 17.3 Å². The lowest BCUT2D eigenvalue weighted by Gasteiger charge is -2.24. The Morgan fingerprint density at radius 3 is 2.29 bits per heavy atom. The van der Waals surface area contributed by atoms with Crippen molar-refractivity contribution in [3.05, 3.63) is 59.2 Å². The molecule has 3 N–H and O–H groups in total. The predicted octanol–water partition coefficient (Wildman–Crippen LogP) is 4.61. The van der Waals surface area contributed by atoms with Crippen LogP contribution in [-0.2, 0) is 0 Å². The minimum absolute atomic E-state index is 0.153. The molecule has 0 unspecified atom stereocenters. The van der Waals surface area contributed by atoms with Crippen molar-refractivity contribution in [2.75, 3.05) is 0 Å². The molecule has 6 nitrogen and oxygen atoms in total. The molecule has 2 aromatic carbocycles. The lowest BCUT2D eigenvalue weighted by molar-refractivity contribution is 0.0929. The summed E-state index contributed by atoms with van der Waals surface area (Å²) >= 11 is 7.26. The van der Waals surface area contributed by atoms with E-state index < -0.39 is 11.4 Å². The molecule has 1 aromatic heterocycles. The van der Waals surface area contributed by atoms with Gasteiger partial charge in [-0.15, -0.1) is 0 Å². The molecule has 0 saturated carbocycles. The van der Waals surface area contributed by atoms with E-state index in [2.05, 4.69) is 15.3 Å². The molecule has 8 heteroatoms. The molecule has 0 bridgehead atoms. The van der Waals surface area contributed by atoms with Gasteiger partial charge in [-0.3, -0.25) is 4.79 Å². The van der Waals surface area contributed by atoms with E-state index in [4.69, 9.17) is 22.4 Å². The minimum atomic E-state index is -1.15. The van der Waals surface area contributed by atoms with Gasteiger partial charge in [0, 0.05) is 22.3 Å². The van der Waals surface area contributed by atoms with Crippen LogP contribution in [0.5, 0.6) is 0 Å². The van der Waals surface area contributed by atoms with Gasteiger partial charge in [0.2, 0.25) is 0 Å².